The van der Waals surface area contributed by atoms with Gasteiger partial charge in [-0.25, -0.2) is 4.99 Å². The molecular formula is C19H31N3O2. The number of benzene rings is 1. The fourth-order valence-electron chi connectivity index (χ4n) is 2.52. The van der Waals surface area contributed by atoms with E-state index in [2.05, 4.69) is 48.4 Å². The molecule has 3 N–H and O–H groups in total. The number of rotatable bonds is 8. The van der Waals surface area contributed by atoms with E-state index < -0.39 is 0 Å². The Morgan fingerprint density at radius 3 is 2.58 bits per heavy atom. The Morgan fingerprint density at radius 2 is 1.92 bits per heavy atom. The molecule has 0 aromatic heterocycles. The van der Waals surface area contributed by atoms with Gasteiger partial charge in [-0.3, -0.25) is 0 Å². The van der Waals surface area contributed by atoms with E-state index in [1.54, 1.807) is 0 Å². The van der Waals surface area contributed by atoms with Crippen molar-refractivity contribution in [2.45, 2.75) is 52.4 Å². The summed E-state index contributed by atoms with van der Waals surface area (Å²) in [5.41, 5.74) is 8.22. The predicted octanol–water partition coefficient (Wildman–Crippen LogP) is 2.83. The maximum Gasteiger partial charge on any atom is 0.188 e. The lowest BCUT2D eigenvalue weighted by atomic mass is 10.1. The van der Waals surface area contributed by atoms with Crippen LogP contribution in [-0.2, 0) is 22.6 Å². The zero-order valence-electron chi connectivity index (χ0n) is 15.0. The molecule has 1 heterocycles. The predicted molar refractivity (Wildman–Crippen MR) is 97.9 cm³/mol. The van der Waals surface area contributed by atoms with Crippen LogP contribution >= 0.6 is 0 Å². The summed E-state index contributed by atoms with van der Waals surface area (Å²) >= 11 is 0. The second kappa shape index (κ2) is 10.3. The molecule has 0 atom stereocenters. The van der Waals surface area contributed by atoms with Gasteiger partial charge in [0.1, 0.15) is 0 Å². The van der Waals surface area contributed by atoms with Crippen molar-refractivity contribution >= 4 is 5.96 Å². The molecule has 0 amide bonds. The summed E-state index contributed by atoms with van der Waals surface area (Å²) in [5.74, 6) is 1.18. The molecule has 0 spiro atoms. The van der Waals surface area contributed by atoms with Gasteiger partial charge in [-0.2, -0.15) is 0 Å². The standard InChI is InChI=1S/C19H31N3O2/c1-15(2)7-10-21-19(20)22-13-16-3-5-17(6-4-16)14-24-18-8-11-23-12-9-18/h3-6,15,18H,7-14H2,1-2H3,(H3,20,21,22). The molecule has 1 aliphatic heterocycles. The molecule has 1 saturated heterocycles. The Labute approximate surface area is 145 Å². The highest BCUT2D eigenvalue weighted by Gasteiger charge is 2.13. The SMILES string of the molecule is CC(C)CCNC(N)=NCc1ccc(COC2CCOCC2)cc1. The lowest BCUT2D eigenvalue weighted by molar-refractivity contribution is -0.0390. The lowest BCUT2D eigenvalue weighted by Crippen LogP contribution is -2.32. The fourth-order valence-corrected chi connectivity index (χ4v) is 2.52. The van der Waals surface area contributed by atoms with Crippen LogP contribution < -0.4 is 11.1 Å². The van der Waals surface area contributed by atoms with Crippen LogP contribution in [0.15, 0.2) is 29.3 Å². The van der Waals surface area contributed by atoms with E-state index in [1.165, 1.54) is 5.56 Å². The third-order valence-corrected chi connectivity index (χ3v) is 4.14. The second-order valence-electron chi connectivity index (χ2n) is 6.75. The van der Waals surface area contributed by atoms with E-state index in [-0.39, 0.29) is 0 Å². The molecule has 1 aromatic carbocycles. The number of ether oxygens (including phenoxy) is 2. The van der Waals surface area contributed by atoms with Crippen LogP contribution in [-0.4, -0.2) is 31.8 Å². The summed E-state index contributed by atoms with van der Waals surface area (Å²) in [6, 6.07) is 8.39. The zero-order chi connectivity index (χ0) is 17.2. The van der Waals surface area contributed by atoms with Gasteiger partial charge in [-0.15, -0.1) is 0 Å². The van der Waals surface area contributed by atoms with Crippen molar-refractivity contribution < 1.29 is 9.47 Å². The van der Waals surface area contributed by atoms with Gasteiger partial charge < -0.3 is 20.5 Å². The average molecular weight is 333 g/mol. The minimum atomic E-state index is 0.333. The first-order chi connectivity index (χ1) is 11.6. The molecule has 134 valence electrons. The van der Waals surface area contributed by atoms with Gasteiger partial charge >= 0.3 is 0 Å². The molecule has 1 aromatic rings. The number of aliphatic imine (C=N–C) groups is 1. The van der Waals surface area contributed by atoms with Crippen LogP contribution in [0.1, 0.15) is 44.2 Å². The van der Waals surface area contributed by atoms with Crippen molar-refractivity contribution in [3.05, 3.63) is 35.4 Å². The van der Waals surface area contributed by atoms with Crippen LogP contribution in [0.4, 0.5) is 0 Å². The molecule has 24 heavy (non-hydrogen) atoms. The van der Waals surface area contributed by atoms with Gasteiger partial charge in [0.2, 0.25) is 0 Å². The lowest BCUT2D eigenvalue weighted by Gasteiger charge is -2.22. The van der Waals surface area contributed by atoms with E-state index in [1.807, 2.05) is 0 Å². The van der Waals surface area contributed by atoms with Gasteiger partial charge in [-0.1, -0.05) is 38.1 Å². The highest BCUT2D eigenvalue weighted by atomic mass is 16.5. The number of nitrogens with zero attached hydrogens (tertiary/aromatic N) is 1. The maximum atomic E-state index is 5.93. The van der Waals surface area contributed by atoms with E-state index in [9.17, 15) is 0 Å². The molecule has 0 aliphatic carbocycles. The number of nitrogens with two attached hydrogens (primary N) is 1. The summed E-state index contributed by atoms with van der Waals surface area (Å²) in [4.78, 5) is 4.38. The third kappa shape index (κ3) is 7.32. The largest absolute Gasteiger partial charge is 0.381 e. The Bertz CT molecular complexity index is 494. The summed E-state index contributed by atoms with van der Waals surface area (Å²) in [5, 5.41) is 3.15. The normalized spacial score (nSPS) is 16.5. The van der Waals surface area contributed by atoms with Crippen LogP contribution in [0.5, 0.6) is 0 Å². The first-order valence-corrected chi connectivity index (χ1v) is 8.94. The molecule has 1 fully saturated rings. The van der Waals surface area contributed by atoms with Gasteiger partial charge in [0, 0.05) is 19.8 Å². The highest BCUT2D eigenvalue weighted by Crippen LogP contribution is 2.14. The van der Waals surface area contributed by atoms with Crippen molar-refractivity contribution in [3.8, 4) is 0 Å². The van der Waals surface area contributed by atoms with Crippen molar-refractivity contribution in [1.29, 1.82) is 0 Å². The number of guanidine groups is 1. The molecule has 1 aliphatic rings. The topological polar surface area (TPSA) is 68.9 Å². The fraction of sp³-hybridized carbons (Fsp3) is 0.632. The van der Waals surface area contributed by atoms with Gasteiger partial charge in [-0.05, 0) is 36.3 Å². The van der Waals surface area contributed by atoms with Crippen LogP contribution in [0.25, 0.3) is 0 Å². The first kappa shape index (κ1) is 18.7. The minimum absolute atomic E-state index is 0.333. The van der Waals surface area contributed by atoms with Crippen molar-refractivity contribution in [3.63, 3.8) is 0 Å². The van der Waals surface area contributed by atoms with Crippen molar-refractivity contribution in [2.75, 3.05) is 19.8 Å². The molecule has 0 unspecified atom stereocenters. The summed E-state index contributed by atoms with van der Waals surface area (Å²) < 4.78 is 11.3. The van der Waals surface area contributed by atoms with E-state index in [4.69, 9.17) is 15.2 Å². The Balaban J connectivity index is 1.70. The van der Waals surface area contributed by atoms with Gasteiger partial charge in [0.25, 0.3) is 0 Å². The zero-order valence-corrected chi connectivity index (χ0v) is 15.0. The minimum Gasteiger partial charge on any atom is -0.381 e. The van der Waals surface area contributed by atoms with Gasteiger partial charge in [0.05, 0.1) is 19.3 Å². The maximum absolute atomic E-state index is 5.93. The quantitative estimate of drug-likeness (QED) is 0.567. The van der Waals surface area contributed by atoms with E-state index in [0.29, 0.717) is 31.1 Å². The number of hydrogen-bond donors (Lipinski definition) is 2. The third-order valence-electron chi connectivity index (χ3n) is 4.14. The summed E-state index contributed by atoms with van der Waals surface area (Å²) in [6.07, 6.45) is 3.42. The first-order valence-electron chi connectivity index (χ1n) is 8.94. The molecule has 0 saturated carbocycles. The molecule has 0 bridgehead atoms. The number of nitrogens with one attached hydrogen (secondary N) is 1. The number of hydrogen-bond acceptors (Lipinski definition) is 3. The average Bonchev–Trinajstić information content (AvgIpc) is 2.59. The molecular weight excluding hydrogens is 302 g/mol. The van der Waals surface area contributed by atoms with Crippen LogP contribution in [0.3, 0.4) is 0 Å². The van der Waals surface area contributed by atoms with E-state index >= 15 is 0 Å². The Kier molecular flexibility index (Phi) is 8.05. The van der Waals surface area contributed by atoms with Crippen molar-refractivity contribution in [1.82, 2.24) is 5.32 Å². The molecule has 0 radical (unpaired) electrons. The smallest absolute Gasteiger partial charge is 0.188 e. The Hall–Kier alpha value is -1.59. The van der Waals surface area contributed by atoms with Crippen LogP contribution in [0.2, 0.25) is 0 Å². The highest BCUT2D eigenvalue weighted by molar-refractivity contribution is 5.77. The molecule has 5 heteroatoms. The second-order valence-corrected chi connectivity index (χ2v) is 6.75. The van der Waals surface area contributed by atoms with Gasteiger partial charge in [0.15, 0.2) is 5.96 Å². The van der Waals surface area contributed by atoms with Crippen LogP contribution in [0, 0.1) is 5.92 Å². The van der Waals surface area contributed by atoms with E-state index in [0.717, 1.165) is 44.6 Å². The Morgan fingerprint density at radius 1 is 1.25 bits per heavy atom. The summed E-state index contributed by atoms with van der Waals surface area (Å²) in [7, 11) is 0. The molecule has 5 nitrogen and oxygen atoms in total. The van der Waals surface area contributed by atoms with Crippen molar-refractivity contribution in [2.24, 2.45) is 16.6 Å². The molecule has 2 rings (SSSR count). The summed E-state index contributed by atoms with van der Waals surface area (Å²) in [6.45, 7) is 8.15. The monoisotopic (exact) mass is 333 g/mol.